The molecule has 2 rings (SSSR count). The Hall–Kier alpha value is -2.18. The van der Waals surface area contributed by atoms with E-state index >= 15 is 0 Å². The van der Waals surface area contributed by atoms with Gasteiger partial charge in [-0.3, -0.25) is 4.79 Å². The molecule has 0 radical (unpaired) electrons. The third kappa shape index (κ3) is 3.18. The minimum absolute atomic E-state index is 0.0355. The van der Waals surface area contributed by atoms with Crippen LogP contribution in [0.3, 0.4) is 0 Å². The summed E-state index contributed by atoms with van der Waals surface area (Å²) in [5, 5.41) is 12.0. The number of hydrogen-bond acceptors (Lipinski definition) is 5. The average Bonchev–Trinajstić information content (AvgIpc) is 2.39. The van der Waals surface area contributed by atoms with Gasteiger partial charge in [0.25, 0.3) is 0 Å². The van der Waals surface area contributed by atoms with Crippen molar-refractivity contribution in [3.05, 3.63) is 18.1 Å². The Labute approximate surface area is 110 Å². The average molecular weight is 264 g/mol. The van der Waals surface area contributed by atoms with E-state index in [1.54, 1.807) is 0 Å². The van der Waals surface area contributed by atoms with Gasteiger partial charge in [0.1, 0.15) is 17.7 Å². The second kappa shape index (κ2) is 5.64. The van der Waals surface area contributed by atoms with Crippen LogP contribution in [0, 0.1) is 0 Å². The summed E-state index contributed by atoms with van der Waals surface area (Å²) in [5.41, 5.74) is 0.112. The monoisotopic (exact) mass is 264 g/mol. The molecule has 1 aromatic heterocycles. The van der Waals surface area contributed by atoms with Crippen molar-refractivity contribution >= 4 is 17.7 Å². The fourth-order valence-electron chi connectivity index (χ4n) is 2.25. The number of carbonyl (C=O) groups is 2. The van der Waals surface area contributed by atoms with E-state index < -0.39 is 5.97 Å². The van der Waals surface area contributed by atoms with Crippen LogP contribution in [-0.2, 0) is 4.79 Å². The van der Waals surface area contributed by atoms with Crippen molar-refractivity contribution in [3.63, 3.8) is 0 Å². The maximum absolute atomic E-state index is 11.1. The lowest BCUT2D eigenvalue weighted by Gasteiger charge is -2.33. The Kier molecular flexibility index (Phi) is 3.94. The summed E-state index contributed by atoms with van der Waals surface area (Å²) in [6.07, 6.45) is 4.22. The van der Waals surface area contributed by atoms with Crippen molar-refractivity contribution in [1.29, 1.82) is 0 Å². The Balaban J connectivity index is 2.05. The minimum Gasteiger partial charge on any atom is -0.477 e. The lowest BCUT2D eigenvalue weighted by molar-refractivity contribution is -0.119. The number of rotatable bonds is 3. The molecule has 0 saturated carbocycles. The van der Waals surface area contributed by atoms with Crippen LogP contribution in [0.2, 0.25) is 0 Å². The van der Waals surface area contributed by atoms with Crippen molar-refractivity contribution in [2.75, 3.05) is 18.0 Å². The molecule has 0 unspecified atom stereocenters. The fourth-order valence-corrected chi connectivity index (χ4v) is 2.25. The first-order valence-corrected chi connectivity index (χ1v) is 6.13. The summed E-state index contributed by atoms with van der Waals surface area (Å²) in [6, 6.07) is 0.156. The lowest BCUT2D eigenvalue weighted by atomic mass is 10.0. The number of carboxylic acid groups (broad SMARTS) is 1. The van der Waals surface area contributed by atoms with E-state index in [2.05, 4.69) is 15.3 Å². The van der Waals surface area contributed by atoms with Crippen LogP contribution in [0.25, 0.3) is 0 Å². The van der Waals surface area contributed by atoms with E-state index in [0.717, 1.165) is 12.8 Å². The van der Waals surface area contributed by atoms with Gasteiger partial charge < -0.3 is 15.3 Å². The smallest absolute Gasteiger partial charge is 0.341 e. The van der Waals surface area contributed by atoms with Gasteiger partial charge >= 0.3 is 5.97 Å². The van der Waals surface area contributed by atoms with Crippen LogP contribution in [0.4, 0.5) is 5.82 Å². The van der Waals surface area contributed by atoms with Crippen LogP contribution >= 0.6 is 0 Å². The van der Waals surface area contributed by atoms with Crippen LogP contribution in [-0.4, -0.2) is 46.1 Å². The molecule has 19 heavy (non-hydrogen) atoms. The standard InChI is InChI=1S/C12H16N4O3/c1-8(17)15-9-2-4-16(5-3-9)11-10(12(18)19)6-13-7-14-11/h6-7,9H,2-5H2,1H3,(H,15,17)(H,18,19). The van der Waals surface area contributed by atoms with Gasteiger partial charge in [-0.25, -0.2) is 14.8 Å². The summed E-state index contributed by atoms with van der Waals surface area (Å²) in [6.45, 7) is 2.84. The highest BCUT2D eigenvalue weighted by molar-refractivity contribution is 5.92. The number of nitrogens with zero attached hydrogens (tertiary/aromatic N) is 3. The van der Waals surface area contributed by atoms with Crippen LogP contribution < -0.4 is 10.2 Å². The molecule has 1 aliphatic rings. The maximum Gasteiger partial charge on any atom is 0.341 e. The van der Waals surface area contributed by atoms with Gasteiger partial charge in [0.05, 0.1) is 0 Å². The zero-order valence-electron chi connectivity index (χ0n) is 10.7. The molecule has 0 atom stereocenters. The summed E-state index contributed by atoms with van der Waals surface area (Å²) < 4.78 is 0. The first kappa shape index (κ1) is 13.3. The van der Waals surface area contributed by atoms with E-state index in [0.29, 0.717) is 18.9 Å². The van der Waals surface area contributed by atoms with Crippen molar-refractivity contribution < 1.29 is 14.7 Å². The fraction of sp³-hybridized carbons (Fsp3) is 0.500. The molecule has 2 N–H and O–H groups in total. The molecule has 1 amide bonds. The van der Waals surface area contributed by atoms with Crippen LogP contribution in [0.1, 0.15) is 30.1 Å². The molecule has 1 fully saturated rings. The van der Waals surface area contributed by atoms with E-state index in [1.165, 1.54) is 19.4 Å². The van der Waals surface area contributed by atoms with Crippen molar-refractivity contribution in [3.8, 4) is 0 Å². The molecule has 0 spiro atoms. The third-order valence-corrected chi connectivity index (χ3v) is 3.12. The van der Waals surface area contributed by atoms with Crippen molar-refractivity contribution in [1.82, 2.24) is 15.3 Å². The third-order valence-electron chi connectivity index (χ3n) is 3.12. The number of amides is 1. The Bertz CT molecular complexity index is 484. The Morgan fingerprint density at radius 2 is 2.11 bits per heavy atom. The zero-order valence-corrected chi connectivity index (χ0v) is 10.7. The van der Waals surface area contributed by atoms with Gasteiger partial charge in [-0.2, -0.15) is 0 Å². The second-order valence-electron chi connectivity index (χ2n) is 4.53. The van der Waals surface area contributed by atoms with E-state index in [1.807, 2.05) is 4.90 Å². The molecule has 7 heteroatoms. The number of nitrogens with one attached hydrogen (secondary N) is 1. The predicted molar refractivity (Wildman–Crippen MR) is 68.0 cm³/mol. The molecule has 1 aromatic rings. The summed E-state index contributed by atoms with van der Waals surface area (Å²) >= 11 is 0. The van der Waals surface area contributed by atoms with Gasteiger partial charge in [-0.15, -0.1) is 0 Å². The van der Waals surface area contributed by atoms with Crippen LogP contribution in [0.5, 0.6) is 0 Å². The van der Waals surface area contributed by atoms with Gasteiger partial charge in [0.15, 0.2) is 0 Å². The summed E-state index contributed by atoms with van der Waals surface area (Å²) in [5.74, 6) is -0.616. The van der Waals surface area contributed by atoms with Crippen molar-refractivity contribution in [2.45, 2.75) is 25.8 Å². The van der Waals surface area contributed by atoms with Gasteiger partial charge in [0.2, 0.25) is 5.91 Å². The first-order valence-electron chi connectivity index (χ1n) is 6.13. The molecule has 0 aliphatic carbocycles. The highest BCUT2D eigenvalue weighted by Crippen LogP contribution is 2.21. The second-order valence-corrected chi connectivity index (χ2v) is 4.53. The Morgan fingerprint density at radius 1 is 1.42 bits per heavy atom. The molecular weight excluding hydrogens is 248 g/mol. The number of carbonyl (C=O) groups excluding carboxylic acids is 1. The maximum atomic E-state index is 11.1. The number of anilines is 1. The highest BCUT2D eigenvalue weighted by atomic mass is 16.4. The molecule has 1 aliphatic heterocycles. The molecular formula is C12H16N4O3. The van der Waals surface area contributed by atoms with Gasteiger partial charge in [-0.1, -0.05) is 0 Å². The van der Waals surface area contributed by atoms with Crippen LogP contribution in [0.15, 0.2) is 12.5 Å². The summed E-state index contributed by atoms with van der Waals surface area (Å²) in [7, 11) is 0. The summed E-state index contributed by atoms with van der Waals surface area (Å²) in [4.78, 5) is 31.8. The number of piperidine rings is 1. The zero-order chi connectivity index (χ0) is 13.8. The number of aromatic carboxylic acids is 1. The van der Waals surface area contributed by atoms with Gasteiger partial charge in [0, 0.05) is 32.3 Å². The molecule has 0 bridgehead atoms. The topological polar surface area (TPSA) is 95.4 Å². The van der Waals surface area contributed by atoms with Gasteiger partial charge in [-0.05, 0) is 12.8 Å². The SMILES string of the molecule is CC(=O)NC1CCN(c2ncncc2C(=O)O)CC1. The van der Waals surface area contributed by atoms with E-state index in [9.17, 15) is 9.59 Å². The lowest BCUT2D eigenvalue weighted by Crippen LogP contribution is -2.44. The van der Waals surface area contributed by atoms with E-state index in [4.69, 9.17) is 5.11 Å². The normalized spacial score (nSPS) is 16.2. The highest BCUT2D eigenvalue weighted by Gasteiger charge is 2.24. The number of carboxylic acids is 1. The number of hydrogen-bond donors (Lipinski definition) is 2. The molecule has 7 nitrogen and oxygen atoms in total. The minimum atomic E-state index is -1.03. The first-order chi connectivity index (χ1) is 9.08. The quantitative estimate of drug-likeness (QED) is 0.814. The Morgan fingerprint density at radius 3 is 2.68 bits per heavy atom. The van der Waals surface area contributed by atoms with Crippen molar-refractivity contribution in [2.24, 2.45) is 0 Å². The predicted octanol–water partition coefficient (Wildman–Crippen LogP) is 0.280. The molecule has 1 saturated heterocycles. The largest absolute Gasteiger partial charge is 0.477 e. The van der Waals surface area contributed by atoms with E-state index in [-0.39, 0.29) is 17.5 Å². The molecule has 2 heterocycles. The number of aromatic nitrogens is 2. The molecule has 0 aromatic carbocycles. The molecule has 102 valence electrons.